The van der Waals surface area contributed by atoms with Gasteiger partial charge in [0.25, 0.3) is 5.91 Å². The van der Waals surface area contributed by atoms with E-state index in [2.05, 4.69) is 5.32 Å². The third-order valence-corrected chi connectivity index (χ3v) is 3.28. The Morgan fingerprint density at radius 2 is 2.05 bits per heavy atom. The van der Waals surface area contributed by atoms with Gasteiger partial charge in [-0.1, -0.05) is 6.07 Å². The summed E-state index contributed by atoms with van der Waals surface area (Å²) in [5.74, 6) is 0.666. The molecule has 1 N–H and O–H groups in total. The second-order valence-electron chi connectivity index (χ2n) is 4.68. The van der Waals surface area contributed by atoms with E-state index in [1.54, 1.807) is 13.2 Å². The molecule has 1 heterocycles. The molecule has 0 radical (unpaired) electrons. The molecule has 0 saturated heterocycles. The smallest absolute Gasteiger partial charge is 0.290 e. The second kappa shape index (κ2) is 6.19. The van der Waals surface area contributed by atoms with Crippen molar-refractivity contribution in [1.82, 2.24) is 0 Å². The van der Waals surface area contributed by atoms with Crippen LogP contribution in [0.15, 0.2) is 42.6 Å². The Bertz CT molecular complexity index is 624. The number of nitrogens with zero attached hydrogens (tertiary/aromatic N) is 1. The lowest BCUT2D eigenvalue weighted by Crippen LogP contribution is -2.43. The molecule has 1 aromatic carbocycles. The normalized spacial score (nSPS) is 10.2. The number of amides is 1. The number of hydrogen-bond donors (Lipinski definition) is 1. The van der Waals surface area contributed by atoms with Gasteiger partial charge in [0.05, 0.1) is 7.11 Å². The Hall–Kier alpha value is -2.36. The van der Waals surface area contributed by atoms with Gasteiger partial charge in [0.1, 0.15) is 5.75 Å². The summed E-state index contributed by atoms with van der Waals surface area (Å²) in [5.41, 5.74) is 3.00. The summed E-state index contributed by atoms with van der Waals surface area (Å²) >= 11 is 0. The van der Waals surface area contributed by atoms with E-state index in [4.69, 9.17) is 4.74 Å². The quantitative estimate of drug-likeness (QED) is 0.867. The van der Waals surface area contributed by atoms with Gasteiger partial charge in [0.2, 0.25) is 6.54 Å². The number of carbonyl (C=O) groups excluding carboxylic acids is 1. The lowest BCUT2D eigenvalue weighted by molar-refractivity contribution is -0.690. The summed E-state index contributed by atoms with van der Waals surface area (Å²) in [6.07, 6.45) is 1.91. The summed E-state index contributed by atoms with van der Waals surface area (Å²) in [6, 6.07) is 11.3. The lowest BCUT2D eigenvalue weighted by Gasteiger charge is -2.06. The van der Waals surface area contributed by atoms with E-state index >= 15 is 0 Å². The maximum absolute atomic E-state index is 12.1. The molecule has 2 rings (SSSR count). The van der Waals surface area contributed by atoms with Gasteiger partial charge in [-0.15, -0.1) is 0 Å². The molecule has 2 aromatic rings. The first-order valence-electron chi connectivity index (χ1n) is 6.49. The summed E-state index contributed by atoms with van der Waals surface area (Å²) < 4.78 is 7.07. The minimum atomic E-state index is -0.0584. The topological polar surface area (TPSA) is 42.2 Å². The molecule has 1 amide bonds. The van der Waals surface area contributed by atoms with Gasteiger partial charge in [-0.3, -0.25) is 4.79 Å². The van der Waals surface area contributed by atoms with Crippen LogP contribution in [0.25, 0.3) is 0 Å². The van der Waals surface area contributed by atoms with Gasteiger partial charge in [0.15, 0.2) is 11.9 Å². The summed E-state index contributed by atoms with van der Waals surface area (Å²) in [4.78, 5) is 12.1. The molecular weight excluding hydrogens is 252 g/mol. The Morgan fingerprint density at radius 1 is 1.25 bits per heavy atom. The Morgan fingerprint density at radius 3 is 2.80 bits per heavy atom. The van der Waals surface area contributed by atoms with Crippen molar-refractivity contribution in [3.05, 3.63) is 53.9 Å². The van der Waals surface area contributed by atoms with E-state index < -0.39 is 0 Å². The van der Waals surface area contributed by atoms with E-state index in [0.29, 0.717) is 6.54 Å². The molecule has 0 spiro atoms. The minimum Gasteiger partial charge on any atom is -0.497 e. The maximum Gasteiger partial charge on any atom is 0.290 e. The number of carbonyl (C=O) groups is 1. The molecular formula is C16H19N2O2+. The first-order chi connectivity index (χ1) is 9.60. The standard InChI is InChI=1S/C16H18N2O2/c1-12-6-5-9-18(13(12)2)11-16(19)17-14-7-4-8-15(10-14)20-3/h4-10H,11H2,1-3H3/p+1. The molecule has 0 fully saturated rings. The molecule has 0 atom stereocenters. The average Bonchev–Trinajstić information content (AvgIpc) is 2.44. The SMILES string of the molecule is COc1cccc(NC(=O)C[n+]2cccc(C)c2C)c1. The van der Waals surface area contributed by atoms with Crippen LogP contribution in [0.4, 0.5) is 5.69 Å². The number of hydrogen-bond acceptors (Lipinski definition) is 2. The van der Waals surface area contributed by atoms with Crippen molar-refractivity contribution < 1.29 is 14.1 Å². The molecule has 0 aliphatic carbocycles. The molecule has 0 bridgehead atoms. The lowest BCUT2D eigenvalue weighted by atomic mass is 10.2. The first kappa shape index (κ1) is 14.1. The van der Waals surface area contributed by atoms with Crippen LogP contribution in [0.5, 0.6) is 5.75 Å². The second-order valence-corrected chi connectivity index (χ2v) is 4.68. The van der Waals surface area contributed by atoms with Crippen LogP contribution < -0.4 is 14.6 Å². The van der Waals surface area contributed by atoms with Crippen molar-refractivity contribution in [3.63, 3.8) is 0 Å². The Kier molecular flexibility index (Phi) is 4.35. The number of nitrogens with one attached hydrogen (secondary N) is 1. The van der Waals surface area contributed by atoms with Crippen LogP contribution in [0.3, 0.4) is 0 Å². The van der Waals surface area contributed by atoms with Crippen LogP contribution in [0.1, 0.15) is 11.3 Å². The van der Waals surface area contributed by atoms with Gasteiger partial charge in [-0.2, -0.15) is 4.57 Å². The number of aromatic nitrogens is 1. The Balaban J connectivity index is 2.07. The van der Waals surface area contributed by atoms with E-state index in [1.165, 1.54) is 5.56 Å². The maximum atomic E-state index is 12.1. The fourth-order valence-corrected chi connectivity index (χ4v) is 1.98. The average molecular weight is 271 g/mol. The fourth-order valence-electron chi connectivity index (χ4n) is 1.98. The molecule has 0 aliphatic heterocycles. The molecule has 4 nitrogen and oxygen atoms in total. The van der Waals surface area contributed by atoms with Gasteiger partial charge < -0.3 is 10.1 Å². The zero-order valence-corrected chi connectivity index (χ0v) is 12.0. The highest BCUT2D eigenvalue weighted by atomic mass is 16.5. The van der Waals surface area contributed by atoms with Crippen LogP contribution in [-0.4, -0.2) is 13.0 Å². The largest absolute Gasteiger partial charge is 0.497 e. The van der Waals surface area contributed by atoms with E-state index in [0.717, 1.165) is 17.1 Å². The Labute approximate surface area is 119 Å². The number of aryl methyl sites for hydroxylation is 1. The van der Waals surface area contributed by atoms with E-state index in [1.807, 2.05) is 54.9 Å². The molecule has 104 valence electrons. The number of rotatable bonds is 4. The first-order valence-corrected chi connectivity index (χ1v) is 6.49. The van der Waals surface area contributed by atoms with Gasteiger partial charge in [-0.25, -0.2) is 0 Å². The molecule has 0 saturated carbocycles. The summed E-state index contributed by atoms with van der Waals surface area (Å²) in [6.45, 7) is 4.34. The monoisotopic (exact) mass is 271 g/mol. The molecule has 0 unspecified atom stereocenters. The molecule has 20 heavy (non-hydrogen) atoms. The van der Waals surface area contributed by atoms with Crippen molar-refractivity contribution in [3.8, 4) is 5.75 Å². The van der Waals surface area contributed by atoms with Gasteiger partial charge in [0, 0.05) is 30.3 Å². The van der Waals surface area contributed by atoms with Crippen molar-refractivity contribution in [2.75, 3.05) is 12.4 Å². The van der Waals surface area contributed by atoms with Crippen LogP contribution in [0.2, 0.25) is 0 Å². The number of methoxy groups -OCH3 is 1. The predicted molar refractivity (Wildman–Crippen MR) is 77.7 cm³/mol. The van der Waals surface area contributed by atoms with Gasteiger partial charge >= 0.3 is 0 Å². The van der Waals surface area contributed by atoms with Crippen molar-refractivity contribution in [2.24, 2.45) is 0 Å². The van der Waals surface area contributed by atoms with Crippen LogP contribution >= 0.6 is 0 Å². The molecule has 0 aliphatic rings. The number of benzene rings is 1. The van der Waals surface area contributed by atoms with Crippen molar-refractivity contribution >= 4 is 11.6 Å². The highest BCUT2D eigenvalue weighted by Gasteiger charge is 2.13. The number of pyridine rings is 1. The zero-order valence-electron chi connectivity index (χ0n) is 12.0. The predicted octanol–water partition coefficient (Wildman–Crippen LogP) is 2.24. The van der Waals surface area contributed by atoms with Crippen LogP contribution in [-0.2, 0) is 11.3 Å². The van der Waals surface area contributed by atoms with E-state index in [9.17, 15) is 4.79 Å². The fraction of sp³-hybridized carbons (Fsp3) is 0.250. The third-order valence-electron chi connectivity index (χ3n) is 3.28. The summed E-state index contributed by atoms with van der Waals surface area (Å²) in [7, 11) is 1.60. The number of ether oxygens (including phenoxy) is 1. The minimum absolute atomic E-state index is 0.0584. The summed E-state index contributed by atoms with van der Waals surface area (Å²) in [5, 5.41) is 2.87. The zero-order chi connectivity index (χ0) is 14.5. The number of anilines is 1. The third kappa shape index (κ3) is 3.35. The highest BCUT2D eigenvalue weighted by molar-refractivity contribution is 5.89. The van der Waals surface area contributed by atoms with Gasteiger partial charge in [-0.05, 0) is 25.1 Å². The highest BCUT2D eigenvalue weighted by Crippen LogP contribution is 2.16. The van der Waals surface area contributed by atoms with Crippen LogP contribution in [0, 0.1) is 13.8 Å². The van der Waals surface area contributed by atoms with Crippen molar-refractivity contribution in [2.45, 2.75) is 20.4 Å². The molecule has 4 heteroatoms. The van der Waals surface area contributed by atoms with E-state index in [-0.39, 0.29) is 5.91 Å². The molecule has 1 aromatic heterocycles. The van der Waals surface area contributed by atoms with Crippen molar-refractivity contribution in [1.29, 1.82) is 0 Å².